The zero-order valence-electron chi connectivity index (χ0n) is 6.94. The van der Waals surface area contributed by atoms with Crippen molar-refractivity contribution in [3.63, 3.8) is 0 Å². The van der Waals surface area contributed by atoms with Crippen LogP contribution in [-0.4, -0.2) is 19.2 Å². The van der Waals surface area contributed by atoms with Gasteiger partial charge in [0.15, 0.2) is 5.65 Å². The summed E-state index contributed by atoms with van der Waals surface area (Å²) in [6.07, 6.45) is 0. The summed E-state index contributed by atoms with van der Waals surface area (Å²) in [5, 5.41) is 9.25. The van der Waals surface area contributed by atoms with Gasteiger partial charge in [0.05, 0.1) is 5.52 Å². The third-order valence-corrected chi connectivity index (χ3v) is 2.09. The van der Waals surface area contributed by atoms with Gasteiger partial charge in [-0.1, -0.05) is 0 Å². The fourth-order valence-electron chi connectivity index (χ4n) is 1.25. The highest BCUT2D eigenvalue weighted by Crippen LogP contribution is 2.22. The minimum Gasteiger partial charge on any atom is -0.480 e. The molecule has 5 heteroatoms. The molecule has 0 radical (unpaired) electrons. The predicted molar refractivity (Wildman–Crippen MR) is 45.8 cm³/mol. The topological polar surface area (TPSA) is 69.0 Å². The summed E-state index contributed by atoms with van der Waals surface area (Å²) in [4.78, 5) is 3.93. The number of rotatable bonds is 0. The van der Waals surface area contributed by atoms with E-state index in [1.54, 1.807) is 22.2 Å². The van der Waals surface area contributed by atoms with Gasteiger partial charge < -0.3 is 15.4 Å². The molecule has 2 aromatic heterocycles. The maximum absolute atomic E-state index is 9.25. The molecule has 64 valence electrons. The molecule has 0 aliphatic heterocycles. The van der Waals surface area contributed by atoms with E-state index < -0.39 is 0 Å². The van der Waals surface area contributed by atoms with Gasteiger partial charge in [0, 0.05) is 20.2 Å². The Bertz CT molecular complexity index is 398. The zero-order valence-corrected chi connectivity index (χ0v) is 6.94. The zero-order chi connectivity index (χ0) is 8.88. The highest BCUT2D eigenvalue weighted by atomic mass is 16.3. The number of anilines is 1. The molecule has 0 bridgehead atoms. The van der Waals surface area contributed by atoms with Crippen molar-refractivity contribution in [1.29, 1.82) is 0 Å². The van der Waals surface area contributed by atoms with Crippen molar-refractivity contribution in [2.45, 2.75) is 0 Å². The summed E-state index contributed by atoms with van der Waals surface area (Å²) in [7, 11) is 3.55. The van der Waals surface area contributed by atoms with E-state index in [1.807, 2.05) is 7.05 Å². The smallest absolute Gasteiger partial charge is 0.296 e. The SMILES string of the molecule is Cn1c(O)nc2c1cc(N)n2C. The Morgan fingerprint density at radius 3 is 2.67 bits per heavy atom. The van der Waals surface area contributed by atoms with Gasteiger partial charge in [-0.15, -0.1) is 0 Å². The van der Waals surface area contributed by atoms with Crippen LogP contribution < -0.4 is 5.73 Å². The van der Waals surface area contributed by atoms with Crippen LogP contribution in [0.4, 0.5) is 5.82 Å². The molecule has 0 atom stereocenters. The lowest BCUT2D eigenvalue weighted by Crippen LogP contribution is -1.95. The molecule has 2 heterocycles. The first-order valence-electron chi connectivity index (χ1n) is 3.58. The standard InChI is InChI=1S/C7H10N4O/c1-10-4-3-5(8)11(2)6(4)9-7(10)12/h3H,8H2,1-2H3,(H,9,12). The van der Waals surface area contributed by atoms with Gasteiger partial charge in [-0.2, -0.15) is 4.98 Å². The number of fused-ring (bicyclic) bond motifs is 1. The lowest BCUT2D eigenvalue weighted by atomic mass is 10.5. The molecule has 5 nitrogen and oxygen atoms in total. The Kier molecular flexibility index (Phi) is 1.13. The number of hydrogen-bond donors (Lipinski definition) is 2. The van der Waals surface area contributed by atoms with Gasteiger partial charge in [-0.05, 0) is 0 Å². The summed E-state index contributed by atoms with van der Waals surface area (Å²) < 4.78 is 3.32. The summed E-state index contributed by atoms with van der Waals surface area (Å²) in [5.74, 6) is 0.642. The molecular weight excluding hydrogens is 156 g/mol. The fourth-order valence-corrected chi connectivity index (χ4v) is 1.25. The first kappa shape index (κ1) is 7.02. The molecular formula is C7H10N4O. The van der Waals surface area contributed by atoms with Gasteiger partial charge in [0.25, 0.3) is 6.01 Å². The second kappa shape index (κ2) is 1.94. The fraction of sp³-hybridized carbons (Fsp3) is 0.286. The van der Waals surface area contributed by atoms with Crippen molar-refractivity contribution in [2.75, 3.05) is 5.73 Å². The number of aryl methyl sites for hydroxylation is 2. The van der Waals surface area contributed by atoms with Gasteiger partial charge in [0.2, 0.25) is 0 Å². The Morgan fingerprint density at radius 1 is 1.42 bits per heavy atom. The van der Waals surface area contributed by atoms with Gasteiger partial charge in [-0.3, -0.25) is 4.57 Å². The van der Waals surface area contributed by atoms with Crippen LogP contribution in [0.5, 0.6) is 6.01 Å². The molecule has 0 saturated heterocycles. The Morgan fingerprint density at radius 2 is 2.08 bits per heavy atom. The second-order valence-corrected chi connectivity index (χ2v) is 2.81. The molecule has 3 N–H and O–H groups in total. The third kappa shape index (κ3) is 0.650. The summed E-state index contributed by atoms with van der Waals surface area (Å²) in [6, 6.07) is 1.79. The molecule has 0 fully saturated rings. The average Bonchev–Trinajstić information content (AvgIpc) is 2.43. The van der Waals surface area contributed by atoms with Crippen molar-refractivity contribution in [2.24, 2.45) is 14.1 Å². The maximum Gasteiger partial charge on any atom is 0.296 e. The molecule has 2 aromatic rings. The summed E-state index contributed by atoms with van der Waals surface area (Å²) >= 11 is 0. The molecule has 12 heavy (non-hydrogen) atoms. The third-order valence-electron chi connectivity index (χ3n) is 2.09. The Hall–Kier alpha value is -1.65. The van der Waals surface area contributed by atoms with Crippen LogP contribution in [0.2, 0.25) is 0 Å². The molecule has 0 amide bonds. The average molecular weight is 166 g/mol. The van der Waals surface area contributed by atoms with E-state index >= 15 is 0 Å². The van der Waals surface area contributed by atoms with Crippen LogP contribution in [0, 0.1) is 0 Å². The van der Waals surface area contributed by atoms with Gasteiger partial charge in [0.1, 0.15) is 5.82 Å². The van der Waals surface area contributed by atoms with Gasteiger partial charge in [-0.25, -0.2) is 0 Å². The highest BCUT2D eigenvalue weighted by Gasteiger charge is 2.11. The Balaban J connectivity index is 2.93. The lowest BCUT2D eigenvalue weighted by molar-refractivity contribution is 0.415. The quantitative estimate of drug-likeness (QED) is 0.587. The van der Waals surface area contributed by atoms with Crippen molar-refractivity contribution >= 4 is 17.0 Å². The van der Waals surface area contributed by atoms with Crippen LogP contribution in [0.1, 0.15) is 0 Å². The molecule has 0 aliphatic rings. The number of aromatic hydroxyl groups is 1. The monoisotopic (exact) mass is 166 g/mol. The van der Waals surface area contributed by atoms with Crippen LogP contribution in [0.25, 0.3) is 11.2 Å². The number of imidazole rings is 1. The van der Waals surface area contributed by atoms with E-state index in [4.69, 9.17) is 5.73 Å². The van der Waals surface area contributed by atoms with E-state index in [-0.39, 0.29) is 6.01 Å². The van der Waals surface area contributed by atoms with Crippen molar-refractivity contribution in [3.05, 3.63) is 6.07 Å². The highest BCUT2D eigenvalue weighted by molar-refractivity contribution is 5.79. The number of aromatic nitrogens is 3. The predicted octanol–water partition coefficient (Wildman–Crippen LogP) is 0.200. The number of nitrogens with zero attached hydrogens (tertiary/aromatic N) is 3. The van der Waals surface area contributed by atoms with Crippen LogP contribution in [-0.2, 0) is 14.1 Å². The van der Waals surface area contributed by atoms with E-state index in [9.17, 15) is 5.11 Å². The van der Waals surface area contributed by atoms with E-state index in [1.165, 1.54) is 0 Å². The minimum atomic E-state index is 0.00981. The first-order valence-corrected chi connectivity index (χ1v) is 3.58. The Labute approximate surface area is 69.0 Å². The van der Waals surface area contributed by atoms with Crippen molar-refractivity contribution in [1.82, 2.24) is 14.1 Å². The van der Waals surface area contributed by atoms with E-state index in [0.717, 1.165) is 5.52 Å². The molecule has 0 unspecified atom stereocenters. The summed E-state index contributed by atoms with van der Waals surface area (Å²) in [5.41, 5.74) is 7.19. The summed E-state index contributed by atoms with van der Waals surface area (Å²) in [6.45, 7) is 0. The number of nitrogen functional groups attached to an aromatic ring is 1. The molecule has 0 aromatic carbocycles. The number of nitrogens with two attached hydrogens (primary N) is 1. The molecule has 0 aliphatic carbocycles. The maximum atomic E-state index is 9.25. The van der Waals surface area contributed by atoms with Crippen LogP contribution in [0.3, 0.4) is 0 Å². The van der Waals surface area contributed by atoms with E-state index in [0.29, 0.717) is 11.5 Å². The van der Waals surface area contributed by atoms with Crippen molar-refractivity contribution in [3.8, 4) is 6.01 Å². The lowest BCUT2D eigenvalue weighted by Gasteiger charge is -1.93. The minimum absolute atomic E-state index is 0.00981. The second-order valence-electron chi connectivity index (χ2n) is 2.81. The van der Waals surface area contributed by atoms with E-state index in [2.05, 4.69) is 4.98 Å². The molecule has 0 spiro atoms. The molecule has 0 saturated carbocycles. The van der Waals surface area contributed by atoms with Gasteiger partial charge >= 0.3 is 0 Å². The normalized spacial score (nSPS) is 11.2. The first-order chi connectivity index (χ1) is 5.61. The largest absolute Gasteiger partial charge is 0.480 e. The van der Waals surface area contributed by atoms with Crippen LogP contribution in [0.15, 0.2) is 6.07 Å². The van der Waals surface area contributed by atoms with Crippen LogP contribution >= 0.6 is 0 Å². The van der Waals surface area contributed by atoms with Crippen molar-refractivity contribution < 1.29 is 5.11 Å². The number of hydrogen-bond acceptors (Lipinski definition) is 3. The molecule has 2 rings (SSSR count).